The Morgan fingerprint density at radius 1 is 1.17 bits per heavy atom. The Labute approximate surface area is 170 Å². The van der Waals surface area contributed by atoms with E-state index in [0.717, 1.165) is 12.8 Å². The predicted molar refractivity (Wildman–Crippen MR) is 101 cm³/mol. The van der Waals surface area contributed by atoms with Crippen molar-refractivity contribution in [1.29, 1.82) is 0 Å². The zero-order chi connectivity index (χ0) is 21.7. The lowest BCUT2D eigenvalue weighted by molar-refractivity contribution is -0.153. The van der Waals surface area contributed by atoms with E-state index in [1.54, 1.807) is 0 Å². The Morgan fingerprint density at radius 2 is 1.93 bits per heavy atom. The van der Waals surface area contributed by atoms with E-state index < -0.39 is 18.7 Å². The van der Waals surface area contributed by atoms with Crippen molar-refractivity contribution in [2.45, 2.75) is 25.6 Å². The summed E-state index contributed by atoms with van der Waals surface area (Å²) in [6, 6.07) is 7.35. The number of hydrogen-bond donors (Lipinski definition) is 2. The van der Waals surface area contributed by atoms with Crippen LogP contribution < -0.4 is 20.1 Å². The summed E-state index contributed by atoms with van der Waals surface area (Å²) in [5.74, 6) is -0.111. The number of carbonyl (C=O) groups is 2. The van der Waals surface area contributed by atoms with E-state index in [-0.39, 0.29) is 29.9 Å². The summed E-state index contributed by atoms with van der Waals surface area (Å²) < 4.78 is 46.8. The minimum atomic E-state index is -4.46. The summed E-state index contributed by atoms with van der Waals surface area (Å²) in [6.45, 7) is -1.32. The summed E-state index contributed by atoms with van der Waals surface area (Å²) in [4.78, 5) is 28.3. The lowest BCUT2D eigenvalue weighted by Crippen LogP contribution is -2.23. The maximum absolute atomic E-state index is 12.4. The molecule has 0 bridgehead atoms. The van der Waals surface area contributed by atoms with Gasteiger partial charge in [-0.1, -0.05) is 6.07 Å². The van der Waals surface area contributed by atoms with E-state index >= 15 is 0 Å². The van der Waals surface area contributed by atoms with Crippen LogP contribution in [0, 0.1) is 5.92 Å². The number of pyridine rings is 1. The third-order valence-corrected chi connectivity index (χ3v) is 4.29. The number of benzene rings is 1. The number of methoxy groups -OCH3 is 1. The van der Waals surface area contributed by atoms with E-state index in [4.69, 9.17) is 9.47 Å². The van der Waals surface area contributed by atoms with Crippen molar-refractivity contribution in [3.05, 3.63) is 47.7 Å². The first-order chi connectivity index (χ1) is 14.2. The van der Waals surface area contributed by atoms with Gasteiger partial charge in [-0.3, -0.25) is 9.59 Å². The third kappa shape index (κ3) is 6.10. The number of aromatic nitrogens is 1. The Morgan fingerprint density at radius 3 is 2.60 bits per heavy atom. The molecule has 1 saturated carbocycles. The van der Waals surface area contributed by atoms with Gasteiger partial charge in [0.15, 0.2) is 18.1 Å². The number of carbonyl (C=O) groups excluding carboxylic acids is 2. The summed E-state index contributed by atoms with van der Waals surface area (Å²) in [5.41, 5.74) is 0.920. The number of ether oxygens (including phenoxy) is 2. The number of hydrogen-bond acceptors (Lipinski definition) is 5. The number of nitrogens with one attached hydrogen (secondary N) is 2. The molecule has 1 aromatic carbocycles. The topological polar surface area (TPSA) is 89.5 Å². The van der Waals surface area contributed by atoms with Crippen LogP contribution in [-0.2, 0) is 11.3 Å². The average Bonchev–Trinajstić information content (AvgIpc) is 3.55. The van der Waals surface area contributed by atoms with Crippen molar-refractivity contribution < 1.29 is 32.2 Å². The lowest BCUT2D eigenvalue weighted by Gasteiger charge is -2.14. The minimum Gasteiger partial charge on any atom is -0.493 e. The molecule has 30 heavy (non-hydrogen) atoms. The van der Waals surface area contributed by atoms with Crippen molar-refractivity contribution in [3.63, 3.8) is 0 Å². The summed E-state index contributed by atoms with van der Waals surface area (Å²) in [5, 5.41) is 5.38. The van der Waals surface area contributed by atoms with Gasteiger partial charge in [-0.25, -0.2) is 4.98 Å². The number of rotatable bonds is 8. The molecule has 2 N–H and O–H groups in total. The van der Waals surface area contributed by atoms with Gasteiger partial charge in [0.1, 0.15) is 5.82 Å². The van der Waals surface area contributed by atoms with Crippen molar-refractivity contribution in [3.8, 4) is 11.5 Å². The second-order valence-electron chi connectivity index (χ2n) is 6.77. The average molecular weight is 423 g/mol. The Bertz CT molecular complexity index is 930. The van der Waals surface area contributed by atoms with Gasteiger partial charge in [0.25, 0.3) is 5.91 Å². The van der Waals surface area contributed by atoms with E-state index in [0.29, 0.717) is 16.9 Å². The van der Waals surface area contributed by atoms with E-state index in [2.05, 4.69) is 15.6 Å². The molecular weight excluding hydrogens is 403 g/mol. The molecule has 3 rings (SSSR count). The van der Waals surface area contributed by atoms with Crippen LogP contribution in [0.4, 0.5) is 19.0 Å². The Hall–Kier alpha value is -3.30. The molecule has 1 aliphatic rings. The van der Waals surface area contributed by atoms with E-state index in [1.165, 1.54) is 43.6 Å². The molecule has 0 aliphatic heterocycles. The van der Waals surface area contributed by atoms with Crippen LogP contribution >= 0.6 is 0 Å². The second kappa shape index (κ2) is 9.02. The van der Waals surface area contributed by atoms with E-state index in [1.807, 2.05) is 0 Å². The lowest BCUT2D eigenvalue weighted by atomic mass is 10.2. The summed E-state index contributed by atoms with van der Waals surface area (Å²) in [7, 11) is 1.31. The number of anilines is 1. The van der Waals surface area contributed by atoms with Gasteiger partial charge in [0.05, 0.1) is 7.11 Å². The largest absolute Gasteiger partial charge is 0.493 e. The fourth-order valence-corrected chi connectivity index (χ4v) is 2.60. The van der Waals surface area contributed by atoms with Crippen LogP contribution in [0.15, 0.2) is 36.5 Å². The maximum atomic E-state index is 12.4. The van der Waals surface area contributed by atoms with Crippen molar-refractivity contribution in [2.75, 3.05) is 19.0 Å². The molecule has 0 saturated heterocycles. The fourth-order valence-electron chi connectivity index (χ4n) is 2.60. The molecule has 0 atom stereocenters. The fraction of sp³-hybridized carbons (Fsp3) is 0.350. The summed E-state index contributed by atoms with van der Waals surface area (Å²) in [6.07, 6.45) is -1.32. The Balaban J connectivity index is 1.59. The molecule has 0 radical (unpaired) electrons. The first kappa shape index (κ1) is 21.4. The number of alkyl halides is 3. The predicted octanol–water partition coefficient (Wildman–Crippen LogP) is 3.31. The quantitative estimate of drug-likeness (QED) is 0.680. The number of amides is 2. The third-order valence-electron chi connectivity index (χ3n) is 4.29. The zero-order valence-corrected chi connectivity index (χ0v) is 16.1. The highest BCUT2D eigenvalue weighted by molar-refractivity contribution is 5.97. The van der Waals surface area contributed by atoms with Crippen LogP contribution in [0.3, 0.4) is 0 Å². The van der Waals surface area contributed by atoms with Crippen LogP contribution in [0.25, 0.3) is 0 Å². The van der Waals surface area contributed by atoms with Gasteiger partial charge < -0.3 is 20.1 Å². The van der Waals surface area contributed by atoms with Crippen LogP contribution in [0.2, 0.25) is 0 Å². The monoisotopic (exact) mass is 423 g/mol. The molecule has 1 aliphatic carbocycles. The molecule has 7 nitrogen and oxygen atoms in total. The van der Waals surface area contributed by atoms with Crippen molar-refractivity contribution in [2.24, 2.45) is 5.92 Å². The normalized spacial score (nSPS) is 13.5. The molecule has 1 heterocycles. The standard InChI is InChI=1S/C20H20F3N3O4/c1-29-16-8-12(2-5-15(16)30-11-20(21,22)23)10-25-18(27)14-6-7-24-17(9-14)26-19(28)13-3-4-13/h2,5-9,13H,3-4,10-11H2,1H3,(H,25,27)(H,24,26,28). The minimum absolute atomic E-state index is 0.0161. The van der Waals surface area contributed by atoms with Gasteiger partial charge in [-0.05, 0) is 42.7 Å². The van der Waals surface area contributed by atoms with Gasteiger partial charge in [0, 0.05) is 24.2 Å². The van der Waals surface area contributed by atoms with Gasteiger partial charge in [-0.15, -0.1) is 0 Å². The van der Waals surface area contributed by atoms with Crippen molar-refractivity contribution >= 4 is 17.6 Å². The van der Waals surface area contributed by atoms with Gasteiger partial charge in [0.2, 0.25) is 5.91 Å². The van der Waals surface area contributed by atoms with Crippen LogP contribution in [-0.4, -0.2) is 36.7 Å². The molecule has 1 aromatic heterocycles. The number of halogens is 3. The highest BCUT2D eigenvalue weighted by Crippen LogP contribution is 2.30. The van der Waals surface area contributed by atoms with Gasteiger partial charge in [-0.2, -0.15) is 13.2 Å². The second-order valence-corrected chi connectivity index (χ2v) is 6.77. The maximum Gasteiger partial charge on any atom is 0.422 e. The van der Waals surface area contributed by atoms with Crippen LogP contribution in [0.5, 0.6) is 11.5 Å². The smallest absolute Gasteiger partial charge is 0.422 e. The molecule has 0 spiro atoms. The molecular formula is C20H20F3N3O4. The SMILES string of the molecule is COc1cc(CNC(=O)c2ccnc(NC(=O)C3CC3)c2)ccc1OCC(F)(F)F. The van der Waals surface area contributed by atoms with Crippen molar-refractivity contribution in [1.82, 2.24) is 10.3 Å². The molecule has 2 amide bonds. The molecule has 2 aromatic rings. The molecule has 160 valence electrons. The number of nitrogens with zero attached hydrogens (tertiary/aromatic N) is 1. The molecule has 10 heteroatoms. The highest BCUT2D eigenvalue weighted by Gasteiger charge is 2.30. The van der Waals surface area contributed by atoms with E-state index in [9.17, 15) is 22.8 Å². The Kier molecular flexibility index (Phi) is 6.43. The summed E-state index contributed by atoms with van der Waals surface area (Å²) >= 11 is 0. The highest BCUT2D eigenvalue weighted by atomic mass is 19.4. The zero-order valence-electron chi connectivity index (χ0n) is 16.1. The first-order valence-electron chi connectivity index (χ1n) is 9.17. The molecule has 0 unspecified atom stereocenters. The van der Waals surface area contributed by atoms with Crippen LogP contribution in [0.1, 0.15) is 28.8 Å². The molecule has 1 fully saturated rings. The first-order valence-corrected chi connectivity index (χ1v) is 9.17. The van der Waals surface area contributed by atoms with Gasteiger partial charge >= 0.3 is 6.18 Å².